The Labute approximate surface area is 144 Å². The summed E-state index contributed by atoms with van der Waals surface area (Å²) in [7, 11) is -4.18. The Kier molecular flexibility index (Phi) is 4.35. The van der Waals surface area contributed by atoms with Crippen LogP contribution in [0.1, 0.15) is 31.2 Å². The first-order valence-corrected chi connectivity index (χ1v) is 9.17. The minimum atomic E-state index is -5.69. The quantitative estimate of drug-likeness (QED) is 0.579. The second-order valence-electron chi connectivity index (χ2n) is 6.03. The summed E-state index contributed by atoms with van der Waals surface area (Å²) in [5.74, 6) is 0.444. The van der Waals surface area contributed by atoms with Crippen molar-refractivity contribution in [2.75, 3.05) is 7.11 Å². The van der Waals surface area contributed by atoms with Gasteiger partial charge in [-0.2, -0.15) is 21.6 Å². The number of ether oxygens (including phenoxy) is 1. The standard InChI is InChI=1S/C17H17F3O4S/c1-23-14-8-3-2-6-12(14)13-7-4-10-16(13)11-5-9-15(16)24-25(21,22)17(18,19)20/h2-3,6-9H,4-5,10-11H2,1H3. The van der Waals surface area contributed by atoms with Crippen molar-refractivity contribution < 1.29 is 30.5 Å². The zero-order chi connectivity index (χ0) is 18.3. The maximum absolute atomic E-state index is 12.7. The summed E-state index contributed by atoms with van der Waals surface area (Å²) in [6.45, 7) is 0. The molecule has 0 fully saturated rings. The van der Waals surface area contributed by atoms with Crippen LogP contribution in [0, 0.1) is 5.41 Å². The minimum Gasteiger partial charge on any atom is -0.496 e. The minimum absolute atomic E-state index is 0.139. The van der Waals surface area contributed by atoms with E-state index in [1.807, 2.05) is 12.1 Å². The number of alkyl halides is 3. The van der Waals surface area contributed by atoms with E-state index in [0.29, 0.717) is 31.4 Å². The van der Waals surface area contributed by atoms with Crippen LogP contribution < -0.4 is 4.74 Å². The zero-order valence-corrected chi connectivity index (χ0v) is 14.3. The van der Waals surface area contributed by atoms with Gasteiger partial charge in [-0.1, -0.05) is 24.3 Å². The van der Waals surface area contributed by atoms with Crippen LogP contribution in [0.25, 0.3) is 5.57 Å². The molecule has 8 heteroatoms. The van der Waals surface area contributed by atoms with Gasteiger partial charge in [0, 0.05) is 5.56 Å². The highest BCUT2D eigenvalue weighted by Crippen LogP contribution is 2.58. The van der Waals surface area contributed by atoms with Crippen molar-refractivity contribution in [2.45, 2.75) is 31.2 Å². The van der Waals surface area contributed by atoms with Crippen LogP contribution in [-0.4, -0.2) is 21.0 Å². The number of rotatable bonds is 4. The first-order chi connectivity index (χ1) is 11.7. The predicted molar refractivity (Wildman–Crippen MR) is 86.0 cm³/mol. The second-order valence-corrected chi connectivity index (χ2v) is 7.57. The van der Waals surface area contributed by atoms with Crippen molar-refractivity contribution in [3.63, 3.8) is 0 Å². The summed E-state index contributed by atoms with van der Waals surface area (Å²) in [6, 6.07) is 7.16. The maximum Gasteiger partial charge on any atom is 0.534 e. The lowest BCUT2D eigenvalue weighted by Gasteiger charge is -2.31. The lowest BCUT2D eigenvalue weighted by molar-refractivity contribution is -0.0529. The van der Waals surface area contributed by atoms with E-state index in [9.17, 15) is 21.6 Å². The van der Waals surface area contributed by atoms with Crippen molar-refractivity contribution in [3.05, 3.63) is 47.7 Å². The normalized spacial score (nSPS) is 23.5. The molecule has 1 spiro atoms. The van der Waals surface area contributed by atoms with E-state index in [1.165, 1.54) is 13.2 Å². The Bertz CT molecular complexity index is 836. The van der Waals surface area contributed by atoms with E-state index in [4.69, 9.17) is 4.74 Å². The average molecular weight is 374 g/mol. The Morgan fingerprint density at radius 2 is 1.72 bits per heavy atom. The highest BCUT2D eigenvalue weighted by atomic mass is 32.2. The third-order valence-corrected chi connectivity index (χ3v) is 5.65. The molecular weight excluding hydrogens is 357 g/mol. The van der Waals surface area contributed by atoms with Crippen LogP contribution in [0.3, 0.4) is 0 Å². The molecule has 0 N–H and O–H groups in total. The molecule has 0 aromatic heterocycles. The molecule has 0 radical (unpaired) electrons. The fraction of sp³-hybridized carbons (Fsp3) is 0.412. The van der Waals surface area contributed by atoms with E-state index >= 15 is 0 Å². The first-order valence-electron chi connectivity index (χ1n) is 7.77. The molecule has 0 aliphatic heterocycles. The van der Waals surface area contributed by atoms with E-state index in [-0.39, 0.29) is 5.76 Å². The summed E-state index contributed by atoms with van der Waals surface area (Å²) in [4.78, 5) is 0. The number of para-hydroxylation sites is 1. The molecule has 136 valence electrons. The molecule has 4 nitrogen and oxygen atoms in total. The molecule has 3 rings (SSSR count). The lowest BCUT2D eigenvalue weighted by atomic mass is 9.76. The molecule has 0 amide bonds. The Balaban J connectivity index is 2.01. The topological polar surface area (TPSA) is 52.6 Å². The SMILES string of the molecule is COc1ccccc1C1=CCCC12CCC=C2OS(=O)(=O)C(F)(F)F. The monoisotopic (exact) mass is 374 g/mol. The Hall–Kier alpha value is -1.96. The number of benzene rings is 1. The fourth-order valence-electron chi connectivity index (χ4n) is 3.59. The van der Waals surface area contributed by atoms with Gasteiger partial charge in [-0.15, -0.1) is 0 Å². The van der Waals surface area contributed by atoms with Gasteiger partial charge in [0.05, 0.1) is 12.5 Å². The van der Waals surface area contributed by atoms with Crippen LogP contribution >= 0.6 is 0 Å². The highest BCUT2D eigenvalue weighted by Gasteiger charge is 2.53. The number of methoxy groups -OCH3 is 1. The van der Waals surface area contributed by atoms with E-state index in [0.717, 1.165) is 11.1 Å². The van der Waals surface area contributed by atoms with E-state index in [1.54, 1.807) is 18.2 Å². The van der Waals surface area contributed by atoms with Gasteiger partial charge >= 0.3 is 15.6 Å². The molecule has 2 aliphatic rings. The number of halogens is 3. The van der Waals surface area contributed by atoms with Crippen molar-refractivity contribution in [1.29, 1.82) is 0 Å². The van der Waals surface area contributed by atoms with Crippen LogP contribution in [0.5, 0.6) is 5.75 Å². The lowest BCUT2D eigenvalue weighted by Crippen LogP contribution is -2.29. The zero-order valence-electron chi connectivity index (χ0n) is 13.5. The summed E-state index contributed by atoms with van der Waals surface area (Å²) < 4.78 is 71.0. The molecule has 0 saturated carbocycles. The Morgan fingerprint density at radius 3 is 2.36 bits per heavy atom. The van der Waals surface area contributed by atoms with Crippen LogP contribution in [0.4, 0.5) is 13.2 Å². The summed E-state index contributed by atoms with van der Waals surface area (Å²) >= 11 is 0. The van der Waals surface area contributed by atoms with E-state index < -0.39 is 21.0 Å². The molecule has 0 heterocycles. The van der Waals surface area contributed by atoms with Gasteiger partial charge in [0.15, 0.2) is 0 Å². The molecule has 1 atom stereocenters. The largest absolute Gasteiger partial charge is 0.534 e. The molecule has 25 heavy (non-hydrogen) atoms. The van der Waals surface area contributed by atoms with Gasteiger partial charge in [-0.05, 0) is 43.4 Å². The summed E-state index contributed by atoms with van der Waals surface area (Å²) in [6.07, 6.45) is 5.44. The smallest absolute Gasteiger partial charge is 0.496 e. The number of hydrogen-bond donors (Lipinski definition) is 0. The molecule has 0 saturated heterocycles. The summed E-state index contributed by atoms with van der Waals surface area (Å²) in [5, 5.41) is 0. The van der Waals surface area contributed by atoms with Crippen molar-refractivity contribution in [1.82, 2.24) is 0 Å². The molecule has 1 unspecified atom stereocenters. The molecule has 0 bridgehead atoms. The molecule has 1 aromatic rings. The van der Waals surface area contributed by atoms with E-state index in [2.05, 4.69) is 4.18 Å². The van der Waals surface area contributed by atoms with Crippen molar-refractivity contribution in [2.24, 2.45) is 5.41 Å². The van der Waals surface area contributed by atoms with Gasteiger partial charge < -0.3 is 8.92 Å². The van der Waals surface area contributed by atoms with Crippen molar-refractivity contribution >= 4 is 15.7 Å². The highest BCUT2D eigenvalue weighted by molar-refractivity contribution is 7.87. The first kappa shape index (κ1) is 17.8. The maximum atomic E-state index is 12.7. The number of hydrogen-bond acceptors (Lipinski definition) is 4. The molecule has 1 aromatic carbocycles. The van der Waals surface area contributed by atoms with Gasteiger partial charge in [-0.25, -0.2) is 0 Å². The third kappa shape index (κ3) is 2.92. The van der Waals surface area contributed by atoms with Crippen LogP contribution in [0.2, 0.25) is 0 Å². The van der Waals surface area contributed by atoms with Gasteiger partial charge in [-0.3, -0.25) is 0 Å². The van der Waals surface area contributed by atoms with Gasteiger partial charge in [0.25, 0.3) is 0 Å². The average Bonchev–Trinajstić information content (AvgIpc) is 3.14. The Morgan fingerprint density at radius 1 is 1.08 bits per heavy atom. The van der Waals surface area contributed by atoms with Gasteiger partial charge in [0.2, 0.25) is 0 Å². The third-order valence-electron chi connectivity index (χ3n) is 4.69. The molecule has 2 aliphatic carbocycles. The molecular formula is C17H17F3O4S. The fourth-order valence-corrected chi connectivity index (χ4v) is 4.15. The second kappa shape index (κ2) is 6.09. The summed E-state index contributed by atoms with van der Waals surface area (Å²) in [5.41, 5.74) is -4.83. The van der Waals surface area contributed by atoms with Crippen LogP contribution in [0.15, 0.2) is 42.2 Å². The van der Waals surface area contributed by atoms with Crippen LogP contribution in [-0.2, 0) is 14.3 Å². The van der Waals surface area contributed by atoms with Crippen molar-refractivity contribution in [3.8, 4) is 5.75 Å². The predicted octanol–water partition coefficient (Wildman–Crippen LogP) is 4.40. The number of allylic oxidation sites excluding steroid dienone is 3. The van der Waals surface area contributed by atoms with Gasteiger partial charge in [0.1, 0.15) is 11.5 Å².